The Labute approximate surface area is 164 Å². The second-order valence-corrected chi connectivity index (χ2v) is 6.78. The molecule has 0 radical (unpaired) electrons. The molecule has 0 bridgehead atoms. The fourth-order valence-electron chi connectivity index (χ4n) is 3.71. The van der Waals surface area contributed by atoms with Gasteiger partial charge in [0.1, 0.15) is 23.8 Å². The van der Waals surface area contributed by atoms with Crippen molar-refractivity contribution >= 4 is 11.8 Å². The van der Waals surface area contributed by atoms with Crippen LogP contribution in [0.25, 0.3) is 0 Å². The number of benzene rings is 1. The number of methoxy groups -OCH3 is 2. The highest BCUT2D eigenvalue weighted by molar-refractivity contribution is 6.03. The number of ether oxygens (including phenoxy) is 3. The minimum absolute atomic E-state index is 0.0115. The molecule has 0 saturated carbocycles. The Morgan fingerprint density at radius 2 is 2.04 bits per heavy atom. The number of hydrogen-bond donors (Lipinski definition) is 1. The molecule has 1 aromatic heterocycles. The molecule has 1 heterocycles. The van der Waals surface area contributed by atoms with Crippen molar-refractivity contribution in [3.8, 4) is 11.5 Å². The number of rotatable bonds is 6. The largest absolute Gasteiger partial charge is 0.497 e. The number of aromatic amines is 1. The van der Waals surface area contributed by atoms with E-state index in [2.05, 4.69) is 4.98 Å². The number of H-pyrrole nitrogens is 1. The number of fused-ring (bicyclic) bond motifs is 1. The van der Waals surface area contributed by atoms with Crippen LogP contribution in [0.1, 0.15) is 56.9 Å². The van der Waals surface area contributed by atoms with Crippen LogP contribution in [0.5, 0.6) is 11.5 Å². The molecule has 0 fully saturated rings. The van der Waals surface area contributed by atoms with Gasteiger partial charge in [-0.1, -0.05) is 12.2 Å². The van der Waals surface area contributed by atoms with E-state index in [1.54, 1.807) is 27.2 Å². The maximum Gasteiger partial charge on any atom is 0.355 e. The fourth-order valence-corrected chi connectivity index (χ4v) is 3.71. The van der Waals surface area contributed by atoms with E-state index in [9.17, 15) is 9.59 Å². The molecule has 1 unspecified atom stereocenters. The van der Waals surface area contributed by atoms with Crippen molar-refractivity contribution < 1.29 is 23.8 Å². The summed E-state index contributed by atoms with van der Waals surface area (Å²) in [5.74, 6) is 0.932. The van der Waals surface area contributed by atoms with Gasteiger partial charge in [-0.15, -0.1) is 0 Å². The number of carbonyl (C=O) groups excluding carboxylic acids is 2. The lowest BCUT2D eigenvalue weighted by Crippen LogP contribution is -2.19. The van der Waals surface area contributed by atoms with E-state index in [1.165, 1.54) is 0 Å². The van der Waals surface area contributed by atoms with Crippen LogP contribution in [0.3, 0.4) is 0 Å². The molecule has 6 heteroatoms. The van der Waals surface area contributed by atoms with Crippen LogP contribution in [0.2, 0.25) is 0 Å². The van der Waals surface area contributed by atoms with Crippen molar-refractivity contribution in [2.45, 2.75) is 32.6 Å². The van der Waals surface area contributed by atoms with Crippen LogP contribution in [-0.4, -0.2) is 37.6 Å². The number of allylic oxidation sites excluding steroid dienone is 1. The summed E-state index contributed by atoms with van der Waals surface area (Å²) in [5, 5.41) is 0. The molecule has 6 nitrogen and oxygen atoms in total. The number of nitrogens with one attached hydrogen (secondary N) is 1. The molecule has 0 amide bonds. The summed E-state index contributed by atoms with van der Waals surface area (Å²) in [6.07, 6.45) is 4.53. The summed E-state index contributed by atoms with van der Waals surface area (Å²) in [7, 11) is 3.22. The number of aromatic nitrogens is 1. The van der Waals surface area contributed by atoms with Gasteiger partial charge in [-0.3, -0.25) is 4.79 Å². The van der Waals surface area contributed by atoms with E-state index in [-0.39, 0.29) is 18.3 Å². The Morgan fingerprint density at radius 3 is 2.71 bits per heavy atom. The van der Waals surface area contributed by atoms with E-state index in [1.807, 2.05) is 31.2 Å². The second kappa shape index (κ2) is 8.33. The van der Waals surface area contributed by atoms with Crippen LogP contribution in [0.4, 0.5) is 0 Å². The normalized spacial score (nSPS) is 16.1. The van der Waals surface area contributed by atoms with E-state index in [4.69, 9.17) is 14.2 Å². The Balaban J connectivity index is 1.92. The van der Waals surface area contributed by atoms with E-state index in [0.29, 0.717) is 35.4 Å². The van der Waals surface area contributed by atoms with Gasteiger partial charge in [0.2, 0.25) is 0 Å². The standard InChI is InChI=1S/C22H25NO5/c1-5-6-9-28-22(25)21-13(2)20-17(23-21)10-14(11-18(20)24)16-12-15(26-3)7-8-19(16)27-4/h5-8,12,14,23H,9-11H2,1-4H3. The lowest BCUT2D eigenvalue weighted by atomic mass is 9.81. The van der Waals surface area contributed by atoms with E-state index < -0.39 is 5.97 Å². The van der Waals surface area contributed by atoms with Gasteiger partial charge in [0.15, 0.2) is 5.78 Å². The highest BCUT2D eigenvalue weighted by Gasteiger charge is 2.33. The zero-order valence-electron chi connectivity index (χ0n) is 16.6. The molecule has 0 aliphatic heterocycles. The smallest absolute Gasteiger partial charge is 0.355 e. The van der Waals surface area contributed by atoms with Crippen molar-refractivity contribution in [3.05, 3.63) is 58.4 Å². The Morgan fingerprint density at radius 1 is 1.25 bits per heavy atom. The second-order valence-electron chi connectivity index (χ2n) is 6.78. The van der Waals surface area contributed by atoms with Crippen LogP contribution in [-0.2, 0) is 11.2 Å². The van der Waals surface area contributed by atoms with Gasteiger partial charge in [-0.05, 0) is 44.0 Å². The third kappa shape index (κ3) is 3.67. The number of ketones is 1. The number of carbonyl (C=O) groups is 2. The molecule has 1 aliphatic rings. The van der Waals surface area contributed by atoms with Gasteiger partial charge >= 0.3 is 5.97 Å². The summed E-state index contributed by atoms with van der Waals surface area (Å²) < 4.78 is 16.0. The number of hydrogen-bond acceptors (Lipinski definition) is 5. The van der Waals surface area contributed by atoms with Gasteiger partial charge in [-0.2, -0.15) is 0 Å². The van der Waals surface area contributed by atoms with Gasteiger partial charge < -0.3 is 19.2 Å². The minimum Gasteiger partial charge on any atom is -0.497 e. The van der Waals surface area contributed by atoms with Crippen molar-refractivity contribution in [1.82, 2.24) is 4.98 Å². The molecule has 1 N–H and O–H groups in total. The summed E-state index contributed by atoms with van der Waals surface area (Å²) >= 11 is 0. The first-order chi connectivity index (χ1) is 13.5. The average molecular weight is 383 g/mol. The van der Waals surface area contributed by atoms with Gasteiger partial charge in [0, 0.05) is 29.2 Å². The maximum atomic E-state index is 12.9. The zero-order chi connectivity index (χ0) is 20.3. The third-order valence-electron chi connectivity index (χ3n) is 5.12. The van der Waals surface area contributed by atoms with Crippen LogP contribution in [0, 0.1) is 6.92 Å². The molecule has 3 rings (SSSR count). The molecule has 2 aromatic rings. The first kappa shape index (κ1) is 19.7. The average Bonchev–Trinajstić information content (AvgIpc) is 3.04. The molecule has 1 aliphatic carbocycles. The summed E-state index contributed by atoms with van der Waals surface area (Å²) in [5.41, 5.74) is 3.30. The Bertz CT molecular complexity index is 925. The summed E-state index contributed by atoms with van der Waals surface area (Å²) in [4.78, 5) is 28.4. The molecule has 1 aromatic carbocycles. The summed E-state index contributed by atoms with van der Waals surface area (Å²) in [6.45, 7) is 3.85. The molecular weight excluding hydrogens is 358 g/mol. The van der Waals surface area contributed by atoms with Crippen molar-refractivity contribution in [1.29, 1.82) is 0 Å². The Kier molecular flexibility index (Phi) is 5.87. The lowest BCUT2D eigenvalue weighted by Gasteiger charge is -2.24. The molecule has 148 valence electrons. The molecule has 28 heavy (non-hydrogen) atoms. The van der Waals surface area contributed by atoms with E-state index in [0.717, 1.165) is 17.0 Å². The monoisotopic (exact) mass is 383 g/mol. The van der Waals surface area contributed by atoms with E-state index >= 15 is 0 Å². The number of esters is 1. The summed E-state index contributed by atoms with van der Waals surface area (Å²) in [6, 6.07) is 5.58. The molecule has 1 atom stereocenters. The van der Waals surface area contributed by atoms with Gasteiger partial charge in [0.25, 0.3) is 0 Å². The fraction of sp³-hybridized carbons (Fsp3) is 0.364. The zero-order valence-corrected chi connectivity index (χ0v) is 16.6. The molecule has 0 spiro atoms. The third-order valence-corrected chi connectivity index (χ3v) is 5.12. The first-order valence-corrected chi connectivity index (χ1v) is 9.25. The minimum atomic E-state index is -0.451. The predicted molar refractivity (Wildman–Crippen MR) is 106 cm³/mol. The highest BCUT2D eigenvalue weighted by atomic mass is 16.5. The topological polar surface area (TPSA) is 77.6 Å². The highest BCUT2D eigenvalue weighted by Crippen LogP contribution is 2.40. The Hall–Kier alpha value is -3.02. The maximum absolute atomic E-state index is 12.9. The van der Waals surface area contributed by atoms with Crippen LogP contribution < -0.4 is 9.47 Å². The molecule has 0 saturated heterocycles. The SMILES string of the molecule is CC=CCOC(=O)c1[nH]c2c(c1C)C(=O)CC(c1cc(OC)ccc1OC)C2. The first-order valence-electron chi connectivity index (χ1n) is 9.25. The van der Waals surface area contributed by atoms with Crippen LogP contribution >= 0.6 is 0 Å². The molecular formula is C22H25NO5. The van der Waals surface area contributed by atoms with Gasteiger partial charge in [-0.25, -0.2) is 4.79 Å². The number of Topliss-reactive ketones (excluding diaryl/α,β-unsaturated/α-hetero) is 1. The van der Waals surface area contributed by atoms with Crippen LogP contribution in [0.15, 0.2) is 30.4 Å². The van der Waals surface area contributed by atoms with Crippen molar-refractivity contribution in [2.75, 3.05) is 20.8 Å². The quantitative estimate of drug-likeness (QED) is 0.603. The van der Waals surface area contributed by atoms with Gasteiger partial charge in [0.05, 0.1) is 14.2 Å². The predicted octanol–water partition coefficient (Wildman–Crippen LogP) is 3.99. The van der Waals surface area contributed by atoms with Crippen molar-refractivity contribution in [2.24, 2.45) is 0 Å². The lowest BCUT2D eigenvalue weighted by molar-refractivity contribution is 0.0542. The van der Waals surface area contributed by atoms with Crippen molar-refractivity contribution in [3.63, 3.8) is 0 Å².